The lowest BCUT2D eigenvalue weighted by Crippen LogP contribution is -2.44. The van der Waals surface area contributed by atoms with Crippen molar-refractivity contribution in [2.24, 2.45) is 5.73 Å². The zero-order valence-electron chi connectivity index (χ0n) is 11.3. The van der Waals surface area contributed by atoms with Gasteiger partial charge in [-0.25, -0.2) is 8.42 Å². The highest BCUT2D eigenvalue weighted by Gasteiger charge is 2.27. The minimum absolute atomic E-state index is 0.0185. The SMILES string of the molecule is CC(N)CCC(=O)N(C)C(C)C(C)S(C)(=O)=O. The highest BCUT2D eigenvalue weighted by molar-refractivity contribution is 7.91. The first-order chi connectivity index (χ1) is 7.57. The van der Waals surface area contributed by atoms with Crippen molar-refractivity contribution in [2.75, 3.05) is 13.3 Å². The summed E-state index contributed by atoms with van der Waals surface area (Å²) < 4.78 is 22.8. The van der Waals surface area contributed by atoms with Crippen molar-refractivity contribution in [2.45, 2.75) is 50.9 Å². The monoisotopic (exact) mass is 264 g/mol. The largest absolute Gasteiger partial charge is 0.342 e. The van der Waals surface area contributed by atoms with Crippen molar-refractivity contribution in [1.29, 1.82) is 0 Å². The third kappa shape index (κ3) is 5.50. The maximum absolute atomic E-state index is 11.8. The minimum atomic E-state index is -3.13. The van der Waals surface area contributed by atoms with Crippen LogP contribution in [0.1, 0.15) is 33.6 Å². The first-order valence-electron chi connectivity index (χ1n) is 5.77. The first kappa shape index (κ1) is 16.4. The Bertz CT molecular complexity index is 352. The number of hydrogen-bond donors (Lipinski definition) is 1. The molecule has 0 aromatic rings. The van der Waals surface area contributed by atoms with Gasteiger partial charge in [-0.2, -0.15) is 0 Å². The summed E-state index contributed by atoms with van der Waals surface area (Å²) in [5, 5.41) is -0.563. The summed E-state index contributed by atoms with van der Waals surface area (Å²) in [5.41, 5.74) is 5.58. The molecular weight excluding hydrogens is 240 g/mol. The maximum Gasteiger partial charge on any atom is 0.222 e. The van der Waals surface area contributed by atoms with Crippen LogP contribution in [-0.2, 0) is 14.6 Å². The van der Waals surface area contributed by atoms with E-state index in [-0.39, 0.29) is 18.0 Å². The van der Waals surface area contributed by atoms with E-state index in [9.17, 15) is 13.2 Å². The molecule has 3 atom stereocenters. The molecule has 6 heteroatoms. The molecule has 0 bridgehead atoms. The van der Waals surface area contributed by atoms with E-state index in [4.69, 9.17) is 5.73 Å². The lowest BCUT2D eigenvalue weighted by atomic mass is 10.1. The normalized spacial score (nSPS) is 17.3. The predicted molar refractivity (Wildman–Crippen MR) is 69.4 cm³/mol. The Labute approximate surface area is 104 Å². The van der Waals surface area contributed by atoms with Gasteiger partial charge in [0.15, 0.2) is 9.84 Å². The quantitative estimate of drug-likeness (QED) is 0.752. The zero-order chi connectivity index (χ0) is 13.8. The molecule has 3 unspecified atom stereocenters. The molecule has 0 aliphatic rings. The fourth-order valence-electron chi connectivity index (χ4n) is 1.43. The molecule has 0 saturated carbocycles. The number of sulfone groups is 1. The van der Waals surface area contributed by atoms with Crippen LogP contribution in [0.4, 0.5) is 0 Å². The van der Waals surface area contributed by atoms with Gasteiger partial charge in [0, 0.05) is 31.8 Å². The van der Waals surface area contributed by atoms with Crippen LogP contribution in [0.15, 0.2) is 0 Å². The summed E-state index contributed by atoms with van der Waals surface area (Å²) in [6, 6.07) is -0.347. The Balaban J connectivity index is 4.49. The van der Waals surface area contributed by atoms with Crippen LogP contribution in [0.2, 0.25) is 0 Å². The van der Waals surface area contributed by atoms with Gasteiger partial charge >= 0.3 is 0 Å². The van der Waals surface area contributed by atoms with Crippen LogP contribution in [-0.4, -0.2) is 49.9 Å². The van der Waals surface area contributed by atoms with Gasteiger partial charge in [-0.1, -0.05) is 0 Å². The van der Waals surface area contributed by atoms with Crippen LogP contribution in [0.3, 0.4) is 0 Å². The van der Waals surface area contributed by atoms with Gasteiger partial charge in [-0.15, -0.1) is 0 Å². The van der Waals surface area contributed by atoms with Crippen LogP contribution < -0.4 is 5.73 Å². The van der Waals surface area contributed by atoms with Crippen LogP contribution in [0, 0.1) is 0 Å². The van der Waals surface area contributed by atoms with Gasteiger partial charge in [0.2, 0.25) is 5.91 Å². The van der Waals surface area contributed by atoms with Gasteiger partial charge in [0.25, 0.3) is 0 Å². The first-order valence-corrected chi connectivity index (χ1v) is 7.73. The van der Waals surface area contributed by atoms with Crippen molar-refractivity contribution in [1.82, 2.24) is 4.90 Å². The van der Waals surface area contributed by atoms with E-state index in [2.05, 4.69) is 0 Å². The van der Waals surface area contributed by atoms with Crippen molar-refractivity contribution in [3.05, 3.63) is 0 Å². The van der Waals surface area contributed by atoms with E-state index >= 15 is 0 Å². The molecule has 0 aromatic heterocycles. The molecule has 1 amide bonds. The second kappa shape index (κ2) is 6.35. The lowest BCUT2D eigenvalue weighted by Gasteiger charge is -2.29. The average Bonchev–Trinajstić information content (AvgIpc) is 2.21. The van der Waals surface area contributed by atoms with Crippen molar-refractivity contribution in [3.8, 4) is 0 Å². The smallest absolute Gasteiger partial charge is 0.222 e. The maximum atomic E-state index is 11.8. The van der Waals surface area contributed by atoms with Crippen molar-refractivity contribution in [3.63, 3.8) is 0 Å². The van der Waals surface area contributed by atoms with Crippen LogP contribution in [0.25, 0.3) is 0 Å². The number of carbonyl (C=O) groups is 1. The van der Waals surface area contributed by atoms with Gasteiger partial charge in [-0.3, -0.25) is 4.79 Å². The highest BCUT2D eigenvalue weighted by atomic mass is 32.2. The molecule has 2 N–H and O–H groups in total. The molecule has 0 aliphatic carbocycles. The number of nitrogens with zero attached hydrogens (tertiary/aromatic N) is 1. The molecule has 5 nitrogen and oxygen atoms in total. The number of nitrogens with two attached hydrogens (primary N) is 1. The summed E-state index contributed by atoms with van der Waals surface area (Å²) in [5.74, 6) is -0.0645. The zero-order valence-corrected chi connectivity index (χ0v) is 12.1. The molecule has 0 spiro atoms. The van der Waals surface area contributed by atoms with E-state index < -0.39 is 15.1 Å². The standard InChI is InChI=1S/C11H24N2O3S/c1-8(12)6-7-11(14)13(4)9(2)10(3)17(5,15)16/h8-10H,6-7,12H2,1-5H3. The summed E-state index contributed by atoms with van der Waals surface area (Å²) in [4.78, 5) is 13.3. The highest BCUT2D eigenvalue weighted by Crippen LogP contribution is 2.11. The van der Waals surface area contributed by atoms with Crippen LogP contribution in [0.5, 0.6) is 0 Å². The van der Waals surface area contributed by atoms with E-state index in [1.807, 2.05) is 6.92 Å². The Morgan fingerprint density at radius 2 is 1.76 bits per heavy atom. The topological polar surface area (TPSA) is 80.5 Å². The Hall–Kier alpha value is -0.620. The molecule has 0 radical (unpaired) electrons. The van der Waals surface area contributed by atoms with Crippen molar-refractivity contribution >= 4 is 15.7 Å². The van der Waals surface area contributed by atoms with E-state index in [0.29, 0.717) is 12.8 Å². The number of hydrogen-bond acceptors (Lipinski definition) is 4. The molecule has 0 rings (SSSR count). The molecule has 0 heterocycles. The van der Waals surface area contributed by atoms with Crippen molar-refractivity contribution < 1.29 is 13.2 Å². The second-order valence-electron chi connectivity index (χ2n) is 4.80. The van der Waals surface area contributed by atoms with Gasteiger partial charge < -0.3 is 10.6 Å². The van der Waals surface area contributed by atoms with Crippen LogP contribution >= 0.6 is 0 Å². The van der Waals surface area contributed by atoms with E-state index in [1.54, 1.807) is 20.9 Å². The van der Waals surface area contributed by atoms with Gasteiger partial charge in [0.05, 0.1) is 5.25 Å². The third-order valence-corrected chi connectivity index (χ3v) is 4.92. The molecular formula is C11H24N2O3S. The Kier molecular flexibility index (Phi) is 6.12. The summed E-state index contributed by atoms with van der Waals surface area (Å²) in [6.45, 7) is 5.21. The number of rotatable bonds is 6. The van der Waals surface area contributed by atoms with E-state index in [1.165, 1.54) is 11.2 Å². The minimum Gasteiger partial charge on any atom is -0.342 e. The summed E-state index contributed by atoms with van der Waals surface area (Å²) >= 11 is 0. The van der Waals surface area contributed by atoms with Gasteiger partial charge in [-0.05, 0) is 27.2 Å². The molecule has 0 fully saturated rings. The summed E-state index contributed by atoms with van der Waals surface area (Å²) in [6.07, 6.45) is 2.16. The Morgan fingerprint density at radius 3 is 2.12 bits per heavy atom. The molecule has 0 aliphatic heterocycles. The molecule has 17 heavy (non-hydrogen) atoms. The van der Waals surface area contributed by atoms with E-state index in [0.717, 1.165) is 0 Å². The fourth-order valence-corrected chi connectivity index (χ4v) is 2.33. The second-order valence-corrected chi connectivity index (χ2v) is 7.20. The third-order valence-electron chi connectivity index (χ3n) is 3.17. The number of carbonyl (C=O) groups excluding carboxylic acids is 1. The predicted octanol–water partition coefficient (Wildman–Crippen LogP) is 0.394. The average molecular weight is 264 g/mol. The lowest BCUT2D eigenvalue weighted by molar-refractivity contribution is -0.131. The Morgan fingerprint density at radius 1 is 1.29 bits per heavy atom. The molecule has 102 valence electrons. The summed E-state index contributed by atoms with van der Waals surface area (Å²) in [7, 11) is -1.50. The van der Waals surface area contributed by atoms with Gasteiger partial charge in [0.1, 0.15) is 0 Å². The molecule has 0 saturated heterocycles. The fraction of sp³-hybridized carbons (Fsp3) is 0.909. The molecule has 0 aromatic carbocycles. The number of amides is 1.